The van der Waals surface area contributed by atoms with Crippen molar-refractivity contribution in [3.05, 3.63) is 16.3 Å². The van der Waals surface area contributed by atoms with E-state index >= 15 is 0 Å². The van der Waals surface area contributed by atoms with E-state index in [1.165, 1.54) is 29.2 Å². The third-order valence-electron chi connectivity index (χ3n) is 2.68. The lowest BCUT2D eigenvalue weighted by Gasteiger charge is -2.05. The summed E-state index contributed by atoms with van der Waals surface area (Å²) in [6.45, 7) is 2.03. The highest BCUT2D eigenvalue weighted by Gasteiger charge is 2.20. The predicted octanol–water partition coefficient (Wildman–Crippen LogP) is 2.99. The third kappa shape index (κ3) is 4.00. The average molecular weight is 257 g/mol. The largest absolute Gasteiger partial charge is 0.496 e. The molecule has 0 amide bonds. The standard InChI is InChI=1S/C12H19NOS2/c1-14-11-4-6-16-12(11)8-13-5-7-15-9-10-2-3-10/h4,6,10,13H,2-3,5,7-9H2,1H3. The van der Waals surface area contributed by atoms with Gasteiger partial charge in [0.15, 0.2) is 0 Å². The van der Waals surface area contributed by atoms with Crippen LogP contribution in [0.4, 0.5) is 0 Å². The van der Waals surface area contributed by atoms with E-state index in [1.54, 1.807) is 18.4 Å². The van der Waals surface area contributed by atoms with Gasteiger partial charge in [0.1, 0.15) is 5.75 Å². The van der Waals surface area contributed by atoms with E-state index in [0.29, 0.717) is 0 Å². The van der Waals surface area contributed by atoms with Crippen LogP contribution in [0.15, 0.2) is 11.4 Å². The Labute approximate surface area is 106 Å². The van der Waals surface area contributed by atoms with Crippen LogP contribution in [0.1, 0.15) is 17.7 Å². The quantitative estimate of drug-likeness (QED) is 0.723. The molecule has 0 saturated heterocycles. The average Bonchev–Trinajstić information content (AvgIpc) is 3.01. The van der Waals surface area contributed by atoms with Gasteiger partial charge in [0, 0.05) is 18.8 Å². The fourth-order valence-electron chi connectivity index (χ4n) is 1.52. The first-order valence-corrected chi connectivity index (χ1v) is 7.82. The molecule has 90 valence electrons. The predicted molar refractivity (Wildman–Crippen MR) is 72.6 cm³/mol. The normalized spacial score (nSPS) is 15.3. The first kappa shape index (κ1) is 12.3. The van der Waals surface area contributed by atoms with Crippen molar-refractivity contribution in [3.8, 4) is 5.75 Å². The highest BCUT2D eigenvalue weighted by atomic mass is 32.2. The minimum Gasteiger partial charge on any atom is -0.496 e. The van der Waals surface area contributed by atoms with Gasteiger partial charge in [-0.05, 0) is 36.0 Å². The van der Waals surface area contributed by atoms with Crippen molar-refractivity contribution in [1.29, 1.82) is 0 Å². The molecule has 0 atom stereocenters. The zero-order valence-corrected chi connectivity index (χ0v) is 11.3. The highest BCUT2D eigenvalue weighted by molar-refractivity contribution is 7.99. The number of thiophene rings is 1. The fraction of sp³-hybridized carbons (Fsp3) is 0.667. The van der Waals surface area contributed by atoms with Crippen LogP contribution in [0.5, 0.6) is 5.75 Å². The molecule has 1 aliphatic carbocycles. The van der Waals surface area contributed by atoms with E-state index in [0.717, 1.165) is 24.8 Å². The van der Waals surface area contributed by atoms with Gasteiger partial charge in [-0.3, -0.25) is 0 Å². The zero-order chi connectivity index (χ0) is 11.2. The third-order valence-corrected chi connectivity index (χ3v) is 4.79. The van der Waals surface area contributed by atoms with Crippen molar-refractivity contribution in [2.75, 3.05) is 25.2 Å². The van der Waals surface area contributed by atoms with Gasteiger partial charge in [0.2, 0.25) is 0 Å². The van der Waals surface area contributed by atoms with Gasteiger partial charge >= 0.3 is 0 Å². The Morgan fingerprint density at radius 1 is 1.56 bits per heavy atom. The number of rotatable bonds is 8. The van der Waals surface area contributed by atoms with Crippen molar-refractivity contribution < 1.29 is 4.74 Å². The summed E-state index contributed by atoms with van der Waals surface area (Å²) in [4.78, 5) is 1.30. The van der Waals surface area contributed by atoms with Crippen LogP contribution in [-0.2, 0) is 6.54 Å². The van der Waals surface area contributed by atoms with Crippen LogP contribution in [0.25, 0.3) is 0 Å². The van der Waals surface area contributed by atoms with Crippen LogP contribution in [-0.4, -0.2) is 25.2 Å². The molecule has 1 aliphatic rings. The number of thioether (sulfide) groups is 1. The van der Waals surface area contributed by atoms with Crippen molar-refractivity contribution in [1.82, 2.24) is 5.32 Å². The van der Waals surface area contributed by atoms with E-state index in [4.69, 9.17) is 4.74 Å². The molecule has 0 spiro atoms. The Morgan fingerprint density at radius 2 is 2.44 bits per heavy atom. The second-order valence-corrected chi connectivity index (χ2v) is 6.26. The van der Waals surface area contributed by atoms with E-state index < -0.39 is 0 Å². The summed E-state index contributed by atoms with van der Waals surface area (Å²) in [5.41, 5.74) is 0. The highest BCUT2D eigenvalue weighted by Crippen LogP contribution is 2.32. The molecule has 2 rings (SSSR count). The number of hydrogen-bond donors (Lipinski definition) is 1. The zero-order valence-electron chi connectivity index (χ0n) is 9.70. The Morgan fingerprint density at radius 3 is 3.19 bits per heavy atom. The molecular formula is C12H19NOS2. The lowest BCUT2D eigenvalue weighted by molar-refractivity contribution is 0.411. The van der Waals surface area contributed by atoms with Gasteiger partial charge < -0.3 is 10.1 Å². The molecule has 1 aromatic rings. The van der Waals surface area contributed by atoms with E-state index in [1.807, 2.05) is 6.07 Å². The molecule has 0 aliphatic heterocycles. The summed E-state index contributed by atoms with van der Waals surface area (Å²) in [5, 5.41) is 5.55. The second kappa shape index (κ2) is 6.52. The monoisotopic (exact) mass is 257 g/mol. The van der Waals surface area contributed by atoms with E-state index in [9.17, 15) is 0 Å². The molecule has 1 N–H and O–H groups in total. The number of methoxy groups -OCH3 is 1. The van der Waals surface area contributed by atoms with Crippen molar-refractivity contribution in [2.45, 2.75) is 19.4 Å². The minimum atomic E-state index is 0.935. The summed E-state index contributed by atoms with van der Waals surface area (Å²) in [6.07, 6.45) is 2.93. The molecule has 0 bridgehead atoms. The number of nitrogens with one attached hydrogen (secondary N) is 1. The van der Waals surface area contributed by atoms with Crippen LogP contribution in [0.3, 0.4) is 0 Å². The van der Waals surface area contributed by atoms with Crippen molar-refractivity contribution in [2.24, 2.45) is 5.92 Å². The van der Waals surface area contributed by atoms with Gasteiger partial charge in [-0.15, -0.1) is 11.3 Å². The summed E-state index contributed by atoms with van der Waals surface area (Å²) >= 11 is 3.84. The summed E-state index contributed by atoms with van der Waals surface area (Å²) in [5.74, 6) is 4.65. The SMILES string of the molecule is COc1ccsc1CNCCSCC1CC1. The number of hydrogen-bond acceptors (Lipinski definition) is 4. The van der Waals surface area contributed by atoms with Crippen molar-refractivity contribution in [3.63, 3.8) is 0 Å². The molecule has 1 aromatic heterocycles. The molecule has 0 aromatic carbocycles. The van der Waals surface area contributed by atoms with E-state index in [2.05, 4.69) is 22.5 Å². The topological polar surface area (TPSA) is 21.3 Å². The molecule has 16 heavy (non-hydrogen) atoms. The Balaban J connectivity index is 1.53. The summed E-state index contributed by atoms with van der Waals surface area (Å²) in [6, 6.07) is 2.03. The molecule has 1 heterocycles. The lowest BCUT2D eigenvalue weighted by Crippen LogP contribution is -2.16. The lowest BCUT2D eigenvalue weighted by atomic mass is 10.4. The molecule has 0 unspecified atom stereocenters. The van der Waals surface area contributed by atoms with Gasteiger partial charge in [0.05, 0.1) is 12.0 Å². The molecule has 2 nitrogen and oxygen atoms in total. The van der Waals surface area contributed by atoms with Crippen LogP contribution >= 0.6 is 23.1 Å². The molecule has 4 heteroatoms. The Bertz CT molecular complexity index is 310. The Hall–Kier alpha value is -0.190. The fourth-order valence-corrected chi connectivity index (χ4v) is 3.45. The molecule has 0 radical (unpaired) electrons. The smallest absolute Gasteiger partial charge is 0.134 e. The van der Waals surface area contributed by atoms with Crippen LogP contribution in [0.2, 0.25) is 0 Å². The molecular weight excluding hydrogens is 238 g/mol. The van der Waals surface area contributed by atoms with Gasteiger partial charge in [-0.2, -0.15) is 11.8 Å². The Kier molecular flexibility index (Phi) is 5.00. The molecule has 1 fully saturated rings. The van der Waals surface area contributed by atoms with Gasteiger partial charge in [0.25, 0.3) is 0 Å². The summed E-state index contributed by atoms with van der Waals surface area (Å²) < 4.78 is 5.27. The maximum absolute atomic E-state index is 5.27. The minimum absolute atomic E-state index is 0.935. The van der Waals surface area contributed by atoms with Gasteiger partial charge in [-0.25, -0.2) is 0 Å². The maximum Gasteiger partial charge on any atom is 0.134 e. The first-order valence-electron chi connectivity index (χ1n) is 5.79. The van der Waals surface area contributed by atoms with Crippen LogP contribution < -0.4 is 10.1 Å². The summed E-state index contributed by atoms with van der Waals surface area (Å²) in [7, 11) is 1.73. The maximum atomic E-state index is 5.27. The molecule has 1 saturated carbocycles. The first-order chi connectivity index (χ1) is 7.90. The van der Waals surface area contributed by atoms with Gasteiger partial charge in [-0.1, -0.05) is 0 Å². The van der Waals surface area contributed by atoms with Crippen molar-refractivity contribution >= 4 is 23.1 Å². The second-order valence-electron chi connectivity index (χ2n) is 4.11. The van der Waals surface area contributed by atoms with Crippen LogP contribution in [0, 0.1) is 5.92 Å². The number of ether oxygens (including phenoxy) is 1. The van der Waals surface area contributed by atoms with E-state index in [-0.39, 0.29) is 0 Å².